The van der Waals surface area contributed by atoms with Crippen LogP contribution in [0.1, 0.15) is 25.4 Å². The smallest absolute Gasteiger partial charge is 0.265 e. The third kappa shape index (κ3) is 6.66. The lowest BCUT2D eigenvalue weighted by Gasteiger charge is -2.15. The molecule has 9 nitrogen and oxygen atoms in total. The number of nitrogens with zero attached hydrogens (tertiary/aromatic N) is 2. The molecule has 0 fully saturated rings. The molecule has 0 aliphatic heterocycles. The second-order valence-electron chi connectivity index (χ2n) is 7.23. The Kier molecular flexibility index (Phi) is 7.49. The summed E-state index contributed by atoms with van der Waals surface area (Å²) in [5.41, 5.74) is 1.09. The molecule has 0 saturated carbocycles. The Balaban J connectivity index is 1.61. The van der Waals surface area contributed by atoms with Crippen LogP contribution >= 0.6 is 0 Å². The van der Waals surface area contributed by atoms with Crippen LogP contribution in [-0.4, -0.2) is 37.0 Å². The van der Waals surface area contributed by atoms with Crippen molar-refractivity contribution in [1.29, 1.82) is 0 Å². The fourth-order valence-electron chi connectivity index (χ4n) is 2.97. The van der Waals surface area contributed by atoms with Gasteiger partial charge in [0, 0.05) is 17.4 Å². The van der Waals surface area contributed by atoms with Crippen molar-refractivity contribution in [2.75, 3.05) is 16.6 Å². The molecule has 0 bridgehead atoms. The van der Waals surface area contributed by atoms with E-state index in [0.717, 1.165) is 5.75 Å². The molecule has 0 radical (unpaired) electrons. The van der Waals surface area contributed by atoms with E-state index in [4.69, 9.17) is 9.47 Å². The lowest BCUT2D eigenvalue weighted by molar-refractivity contribution is -0.122. The first-order valence-corrected chi connectivity index (χ1v) is 11.8. The minimum Gasteiger partial charge on any atom is -0.494 e. The van der Waals surface area contributed by atoms with Crippen LogP contribution < -0.4 is 19.5 Å². The van der Waals surface area contributed by atoms with Gasteiger partial charge in [0.1, 0.15) is 23.1 Å². The molecule has 1 atom stereocenters. The van der Waals surface area contributed by atoms with E-state index in [9.17, 15) is 13.2 Å². The van der Waals surface area contributed by atoms with Gasteiger partial charge in [-0.3, -0.25) is 9.52 Å². The van der Waals surface area contributed by atoms with Gasteiger partial charge in [-0.1, -0.05) is 0 Å². The van der Waals surface area contributed by atoms with Crippen LogP contribution in [-0.2, 0) is 14.8 Å². The highest BCUT2D eigenvalue weighted by Gasteiger charge is 2.18. The number of anilines is 2. The number of hydrogen-bond acceptors (Lipinski definition) is 7. The number of rotatable bonds is 9. The quantitative estimate of drug-likeness (QED) is 0.489. The Morgan fingerprint density at radius 3 is 2.24 bits per heavy atom. The van der Waals surface area contributed by atoms with E-state index in [1.165, 1.54) is 24.3 Å². The van der Waals surface area contributed by atoms with Crippen molar-refractivity contribution in [2.45, 2.75) is 38.7 Å². The van der Waals surface area contributed by atoms with Gasteiger partial charge >= 0.3 is 0 Å². The molecule has 0 aliphatic rings. The van der Waals surface area contributed by atoms with Crippen molar-refractivity contribution in [2.24, 2.45) is 0 Å². The predicted molar refractivity (Wildman–Crippen MR) is 125 cm³/mol. The number of carbonyl (C=O) groups is 1. The van der Waals surface area contributed by atoms with Crippen molar-refractivity contribution in [3.63, 3.8) is 0 Å². The van der Waals surface area contributed by atoms with E-state index in [1.807, 2.05) is 6.92 Å². The van der Waals surface area contributed by atoms with E-state index in [2.05, 4.69) is 20.0 Å². The van der Waals surface area contributed by atoms with Gasteiger partial charge in [0.25, 0.3) is 15.9 Å². The number of nitrogens with one attached hydrogen (secondary N) is 2. The highest BCUT2D eigenvalue weighted by molar-refractivity contribution is 7.92. The number of amides is 1. The zero-order valence-corrected chi connectivity index (χ0v) is 19.6. The summed E-state index contributed by atoms with van der Waals surface area (Å²) in [6, 6.07) is 14.3. The molecule has 1 amide bonds. The highest BCUT2D eigenvalue weighted by Crippen LogP contribution is 2.20. The molecular weight excluding hydrogens is 444 g/mol. The van der Waals surface area contributed by atoms with Crippen LogP contribution in [0, 0.1) is 13.8 Å². The number of ether oxygens (including phenoxy) is 2. The zero-order chi connectivity index (χ0) is 24.0. The molecule has 0 aliphatic carbocycles. The van der Waals surface area contributed by atoms with Gasteiger partial charge in [0.05, 0.1) is 11.5 Å². The third-order valence-electron chi connectivity index (χ3n) is 4.45. The highest BCUT2D eigenvalue weighted by atomic mass is 32.2. The number of aryl methyl sites for hydroxylation is 2. The van der Waals surface area contributed by atoms with Gasteiger partial charge in [0.15, 0.2) is 6.10 Å². The molecule has 1 aromatic heterocycles. The summed E-state index contributed by atoms with van der Waals surface area (Å²) >= 11 is 0. The number of benzene rings is 2. The molecule has 2 aromatic carbocycles. The Labute approximate surface area is 193 Å². The number of sulfonamides is 1. The fourth-order valence-corrected chi connectivity index (χ4v) is 3.96. The Hall–Kier alpha value is -3.66. The van der Waals surface area contributed by atoms with Crippen molar-refractivity contribution in [1.82, 2.24) is 9.97 Å². The van der Waals surface area contributed by atoms with Crippen molar-refractivity contribution in [3.05, 3.63) is 66.1 Å². The molecule has 2 N–H and O–H groups in total. The first kappa shape index (κ1) is 24.0. The van der Waals surface area contributed by atoms with Gasteiger partial charge in [-0.15, -0.1) is 0 Å². The van der Waals surface area contributed by atoms with Crippen molar-refractivity contribution in [3.8, 4) is 11.5 Å². The second-order valence-corrected chi connectivity index (χ2v) is 8.91. The van der Waals surface area contributed by atoms with Crippen molar-refractivity contribution < 1.29 is 22.7 Å². The average molecular weight is 471 g/mol. The van der Waals surface area contributed by atoms with Crippen LogP contribution in [0.3, 0.4) is 0 Å². The maximum Gasteiger partial charge on any atom is 0.265 e. The lowest BCUT2D eigenvalue weighted by atomic mass is 10.3. The zero-order valence-electron chi connectivity index (χ0n) is 18.8. The van der Waals surface area contributed by atoms with Crippen LogP contribution in [0.25, 0.3) is 0 Å². The van der Waals surface area contributed by atoms with E-state index < -0.39 is 16.1 Å². The molecule has 1 heterocycles. The maximum atomic E-state index is 12.6. The predicted octanol–water partition coefficient (Wildman–Crippen LogP) is 3.70. The summed E-state index contributed by atoms with van der Waals surface area (Å²) < 4.78 is 38.8. The van der Waals surface area contributed by atoms with Crippen LogP contribution in [0.5, 0.6) is 11.5 Å². The lowest BCUT2D eigenvalue weighted by Crippen LogP contribution is -2.30. The first-order valence-electron chi connectivity index (χ1n) is 10.3. The summed E-state index contributed by atoms with van der Waals surface area (Å²) in [6.45, 7) is 7.53. The van der Waals surface area contributed by atoms with Crippen LogP contribution in [0.2, 0.25) is 0 Å². The standard InChI is InChI=1S/C23H26N4O5S/c1-5-31-19-8-10-20(11-9-19)32-16(3)23(28)26-18-6-12-21(13-7-18)33(29,30)27-22-14-15(2)24-17(4)25-22/h6-14,16H,5H2,1-4H3,(H,26,28)(H,24,25,27). The average Bonchev–Trinajstić information content (AvgIpc) is 2.74. The Morgan fingerprint density at radius 1 is 1.00 bits per heavy atom. The molecule has 10 heteroatoms. The van der Waals surface area contributed by atoms with Gasteiger partial charge in [0.2, 0.25) is 0 Å². The Morgan fingerprint density at radius 2 is 1.64 bits per heavy atom. The minimum atomic E-state index is -3.84. The monoisotopic (exact) mass is 470 g/mol. The molecule has 33 heavy (non-hydrogen) atoms. The van der Waals surface area contributed by atoms with Crippen LogP contribution in [0.4, 0.5) is 11.5 Å². The molecular formula is C23H26N4O5S. The molecule has 3 rings (SSSR count). The minimum absolute atomic E-state index is 0.0353. The van der Waals surface area contributed by atoms with Gasteiger partial charge in [-0.05, 0) is 76.2 Å². The normalized spacial score (nSPS) is 12.0. The molecule has 0 saturated heterocycles. The summed E-state index contributed by atoms with van der Waals surface area (Å²) in [7, 11) is -3.84. The van der Waals surface area contributed by atoms with Gasteiger partial charge in [-0.2, -0.15) is 0 Å². The molecule has 0 spiro atoms. The van der Waals surface area contributed by atoms with E-state index in [1.54, 1.807) is 51.1 Å². The van der Waals surface area contributed by atoms with Crippen molar-refractivity contribution >= 4 is 27.4 Å². The first-order chi connectivity index (χ1) is 15.7. The third-order valence-corrected chi connectivity index (χ3v) is 5.82. The van der Waals surface area contributed by atoms with E-state index in [-0.39, 0.29) is 16.6 Å². The second kappa shape index (κ2) is 10.3. The SMILES string of the molecule is CCOc1ccc(OC(C)C(=O)Nc2ccc(S(=O)(=O)Nc3cc(C)nc(C)n3)cc2)cc1. The molecule has 174 valence electrons. The summed E-state index contributed by atoms with van der Waals surface area (Å²) in [5.74, 6) is 1.54. The number of carbonyl (C=O) groups excluding carboxylic acids is 1. The summed E-state index contributed by atoms with van der Waals surface area (Å²) in [5, 5.41) is 2.71. The molecule has 3 aromatic rings. The number of aromatic nitrogens is 2. The summed E-state index contributed by atoms with van der Waals surface area (Å²) in [6.07, 6.45) is -0.766. The molecule has 1 unspecified atom stereocenters. The maximum absolute atomic E-state index is 12.6. The van der Waals surface area contributed by atoms with Crippen LogP contribution in [0.15, 0.2) is 59.5 Å². The number of hydrogen-bond donors (Lipinski definition) is 2. The van der Waals surface area contributed by atoms with Gasteiger partial charge < -0.3 is 14.8 Å². The topological polar surface area (TPSA) is 120 Å². The largest absolute Gasteiger partial charge is 0.494 e. The van der Waals surface area contributed by atoms with E-state index >= 15 is 0 Å². The van der Waals surface area contributed by atoms with E-state index in [0.29, 0.717) is 29.6 Å². The van der Waals surface area contributed by atoms with Gasteiger partial charge in [-0.25, -0.2) is 18.4 Å². The Bertz CT molecular complexity index is 1190. The summed E-state index contributed by atoms with van der Waals surface area (Å²) in [4.78, 5) is 20.7. The fraction of sp³-hybridized carbons (Fsp3) is 0.261.